The van der Waals surface area contributed by atoms with E-state index in [-0.39, 0.29) is 30.9 Å². The summed E-state index contributed by atoms with van der Waals surface area (Å²) in [5.74, 6) is 2.07. The Morgan fingerprint density at radius 2 is 2.00 bits per heavy atom. The van der Waals surface area contributed by atoms with Crippen molar-refractivity contribution in [3.63, 3.8) is 0 Å². The maximum Gasteiger partial charge on any atom is 0.257 e. The average Bonchev–Trinajstić information content (AvgIpc) is 3.06. The zero-order valence-corrected chi connectivity index (χ0v) is 12.8. The molecule has 1 unspecified atom stereocenters. The van der Waals surface area contributed by atoms with Crippen molar-refractivity contribution in [2.75, 3.05) is 32.8 Å². The lowest BCUT2D eigenvalue weighted by Gasteiger charge is -2.41. The van der Waals surface area contributed by atoms with Gasteiger partial charge in [-0.15, -0.1) is 24.8 Å². The predicted molar refractivity (Wildman–Crippen MR) is 77.7 cm³/mol. The van der Waals surface area contributed by atoms with E-state index >= 15 is 0 Å². The van der Waals surface area contributed by atoms with Crippen LogP contribution < -0.4 is 5.32 Å². The molecule has 1 atom stereocenters. The lowest BCUT2D eigenvalue weighted by molar-refractivity contribution is -0.0644. The monoisotopic (exact) mass is 322 g/mol. The van der Waals surface area contributed by atoms with Crippen LogP contribution in [0.4, 0.5) is 0 Å². The quantitative estimate of drug-likeness (QED) is 0.900. The van der Waals surface area contributed by atoms with Crippen LogP contribution in [-0.4, -0.2) is 53.9 Å². The number of rotatable bonds is 3. The summed E-state index contributed by atoms with van der Waals surface area (Å²) in [6.07, 6.45) is 2.36. The van der Waals surface area contributed by atoms with Gasteiger partial charge in [0.05, 0.1) is 6.61 Å². The highest BCUT2D eigenvalue weighted by Gasteiger charge is 2.34. The molecule has 0 bridgehead atoms. The van der Waals surface area contributed by atoms with Gasteiger partial charge in [0, 0.05) is 38.1 Å². The molecule has 0 spiro atoms. The topological polar surface area (TPSA) is 63.4 Å². The van der Waals surface area contributed by atoms with Crippen molar-refractivity contribution >= 4 is 24.8 Å². The van der Waals surface area contributed by atoms with Crippen LogP contribution in [0, 0.1) is 0 Å². The lowest BCUT2D eigenvalue weighted by Crippen LogP contribution is -2.59. The van der Waals surface area contributed by atoms with Gasteiger partial charge in [-0.25, -0.2) is 0 Å². The Kier molecular flexibility index (Phi) is 5.25. The molecule has 114 valence electrons. The van der Waals surface area contributed by atoms with E-state index in [2.05, 4.69) is 20.4 Å². The molecule has 3 heterocycles. The van der Waals surface area contributed by atoms with Crippen molar-refractivity contribution in [3.05, 3.63) is 11.7 Å². The summed E-state index contributed by atoms with van der Waals surface area (Å²) < 4.78 is 11.1. The van der Waals surface area contributed by atoms with Gasteiger partial charge >= 0.3 is 0 Å². The SMILES string of the molecule is C1CN(C2CNC2)CC(c2nc(C3CC3)no2)O1.Cl.Cl. The minimum Gasteiger partial charge on any atom is -0.366 e. The van der Waals surface area contributed by atoms with Crippen molar-refractivity contribution in [1.82, 2.24) is 20.4 Å². The van der Waals surface area contributed by atoms with Crippen LogP contribution in [0.25, 0.3) is 0 Å². The summed E-state index contributed by atoms with van der Waals surface area (Å²) in [4.78, 5) is 6.95. The molecule has 2 saturated heterocycles. The Labute approximate surface area is 130 Å². The molecule has 2 aliphatic heterocycles. The van der Waals surface area contributed by atoms with Crippen molar-refractivity contribution in [1.29, 1.82) is 0 Å². The molecule has 6 nitrogen and oxygen atoms in total. The second kappa shape index (κ2) is 6.58. The number of morpholine rings is 1. The average molecular weight is 323 g/mol. The molecule has 4 rings (SSSR count). The van der Waals surface area contributed by atoms with Gasteiger partial charge in [-0.1, -0.05) is 5.16 Å². The van der Waals surface area contributed by atoms with Crippen LogP contribution in [0.5, 0.6) is 0 Å². The van der Waals surface area contributed by atoms with Gasteiger partial charge in [-0.05, 0) is 12.8 Å². The molecule has 0 radical (unpaired) electrons. The molecule has 1 aromatic heterocycles. The summed E-state index contributed by atoms with van der Waals surface area (Å²) in [5, 5.41) is 7.37. The van der Waals surface area contributed by atoms with Gasteiger partial charge in [-0.3, -0.25) is 4.90 Å². The molecule has 3 aliphatic rings. The van der Waals surface area contributed by atoms with E-state index in [4.69, 9.17) is 9.26 Å². The highest BCUT2D eigenvalue weighted by atomic mass is 35.5. The highest BCUT2D eigenvalue weighted by molar-refractivity contribution is 5.85. The summed E-state index contributed by atoms with van der Waals surface area (Å²) in [5.41, 5.74) is 0. The van der Waals surface area contributed by atoms with E-state index in [0.29, 0.717) is 17.9 Å². The van der Waals surface area contributed by atoms with Gasteiger partial charge in [-0.2, -0.15) is 4.98 Å². The summed E-state index contributed by atoms with van der Waals surface area (Å²) >= 11 is 0. The maximum atomic E-state index is 5.77. The Morgan fingerprint density at radius 3 is 2.65 bits per heavy atom. The Morgan fingerprint density at radius 1 is 1.20 bits per heavy atom. The van der Waals surface area contributed by atoms with Crippen LogP contribution >= 0.6 is 24.8 Å². The van der Waals surface area contributed by atoms with Crippen molar-refractivity contribution < 1.29 is 9.26 Å². The second-order valence-corrected chi connectivity index (χ2v) is 5.43. The zero-order valence-electron chi connectivity index (χ0n) is 11.2. The number of hydrogen-bond acceptors (Lipinski definition) is 6. The van der Waals surface area contributed by atoms with E-state index in [0.717, 1.165) is 38.6 Å². The molecular weight excluding hydrogens is 303 g/mol. The fraction of sp³-hybridized carbons (Fsp3) is 0.833. The van der Waals surface area contributed by atoms with E-state index < -0.39 is 0 Å². The molecule has 0 aromatic carbocycles. The van der Waals surface area contributed by atoms with Crippen molar-refractivity contribution in [2.45, 2.75) is 30.9 Å². The van der Waals surface area contributed by atoms with Gasteiger partial charge in [0.1, 0.15) is 6.10 Å². The second-order valence-electron chi connectivity index (χ2n) is 5.43. The number of nitrogens with zero attached hydrogens (tertiary/aromatic N) is 3. The van der Waals surface area contributed by atoms with E-state index in [1.54, 1.807) is 0 Å². The van der Waals surface area contributed by atoms with Crippen molar-refractivity contribution in [2.24, 2.45) is 0 Å². The summed E-state index contributed by atoms with van der Waals surface area (Å²) in [6, 6.07) is 0.655. The van der Waals surface area contributed by atoms with Gasteiger partial charge < -0.3 is 14.6 Å². The first-order chi connectivity index (χ1) is 8.90. The number of aromatic nitrogens is 2. The van der Waals surface area contributed by atoms with Crippen LogP contribution in [0.2, 0.25) is 0 Å². The van der Waals surface area contributed by atoms with E-state index in [9.17, 15) is 0 Å². The molecule has 1 aliphatic carbocycles. The molecule has 8 heteroatoms. The first kappa shape index (κ1) is 16.0. The van der Waals surface area contributed by atoms with Crippen LogP contribution in [0.3, 0.4) is 0 Å². The Hall–Kier alpha value is -0.400. The van der Waals surface area contributed by atoms with E-state index in [1.165, 1.54) is 12.8 Å². The Bertz CT molecular complexity index is 437. The first-order valence-corrected chi connectivity index (χ1v) is 6.80. The number of hydrogen-bond donors (Lipinski definition) is 1. The van der Waals surface area contributed by atoms with Crippen molar-refractivity contribution in [3.8, 4) is 0 Å². The van der Waals surface area contributed by atoms with Crippen LogP contribution in [0.15, 0.2) is 4.52 Å². The smallest absolute Gasteiger partial charge is 0.257 e. The summed E-state index contributed by atoms with van der Waals surface area (Å²) in [6.45, 7) is 4.81. The number of nitrogens with one attached hydrogen (secondary N) is 1. The molecule has 1 aromatic rings. The van der Waals surface area contributed by atoms with Crippen LogP contribution in [0.1, 0.15) is 36.6 Å². The van der Waals surface area contributed by atoms with E-state index in [1.807, 2.05) is 0 Å². The fourth-order valence-electron chi connectivity index (χ4n) is 2.57. The third-order valence-corrected chi connectivity index (χ3v) is 4.05. The van der Waals surface area contributed by atoms with Crippen LogP contribution in [-0.2, 0) is 4.74 Å². The molecule has 1 saturated carbocycles. The third-order valence-electron chi connectivity index (χ3n) is 4.05. The summed E-state index contributed by atoms with van der Waals surface area (Å²) in [7, 11) is 0. The van der Waals surface area contributed by atoms with Gasteiger partial charge in [0.2, 0.25) is 0 Å². The normalized spacial score (nSPS) is 27.3. The first-order valence-electron chi connectivity index (χ1n) is 6.80. The molecule has 20 heavy (non-hydrogen) atoms. The maximum absolute atomic E-state index is 5.77. The highest BCUT2D eigenvalue weighted by Crippen LogP contribution is 2.38. The molecule has 0 amide bonds. The molecule has 1 N–H and O–H groups in total. The lowest BCUT2D eigenvalue weighted by atomic mass is 10.1. The molecular formula is C12H20Cl2N4O2. The van der Waals surface area contributed by atoms with Gasteiger partial charge in [0.25, 0.3) is 5.89 Å². The Balaban J connectivity index is 0.000000735. The number of halogens is 2. The fourth-order valence-corrected chi connectivity index (χ4v) is 2.57. The number of ether oxygens (including phenoxy) is 1. The molecule has 3 fully saturated rings. The van der Waals surface area contributed by atoms with Gasteiger partial charge in [0.15, 0.2) is 5.82 Å². The minimum absolute atomic E-state index is 0. The zero-order chi connectivity index (χ0) is 11.9. The minimum atomic E-state index is -0.0423. The predicted octanol–water partition coefficient (Wildman–Crippen LogP) is 1.14. The largest absolute Gasteiger partial charge is 0.366 e. The third kappa shape index (κ3) is 3.09. The standard InChI is InChI=1S/C12H18N4O2.2ClH/c1-2-8(1)11-14-12(18-15-11)10-7-16(3-4-17-10)9-5-13-6-9;;/h8-10,13H,1-7H2;2*1H.